The van der Waals surface area contributed by atoms with Crippen LogP contribution in [-0.4, -0.2) is 39.4 Å². The molecule has 4 aliphatic rings. The molecule has 6 heteroatoms. The molecule has 2 bridgehead atoms. The number of ether oxygens (including phenoxy) is 1. The predicted octanol–water partition coefficient (Wildman–Crippen LogP) is 4.41. The minimum Gasteiger partial charge on any atom is -0.459 e. The minimum absolute atomic E-state index is 0.0641. The second-order valence-electron chi connectivity index (χ2n) is 10.4. The topological polar surface area (TPSA) is 75.3 Å². The number of fused-ring (bicyclic) bond motifs is 5. The number of aromatic nitrogens is 2. The fourth-order valence-corrected chi connectivity index (χ4v) is 5.81. The molecule has 1 atom stereocenters. The van der Waals surface area contributed by atoms with Gasteiger partial charge in [-0.2, -0.15) is 0 Å². The highest BCUT2D eigenvalue weighted by Crippen LogP contribution is 2.50. The van der Waals surface area contributed by atoms with Crippen LogP contribution in [0, 0.1) is 17.8 Å². The van der Waals surface area contributed by atoms with Crippen molar-refractivity contribution in [3.8, 4) is 0 Å². The van der Waals surface area contributed by atoms with Gasteiger partial charge in [0.25, 0.3) is 0 Å². The maximum Gasteiger partial charge on any atom is 0.342 e. The quantitative estimate of drug-likeness (QED) is 0.745. The largest absolute Gasteiger partial charge is 0.459 e. The van der Waals surface area contributed by atoms with Gasteiger partial charge in [-0.15, -0.1) is 0 Å². The number of hydrogen-bond donors (Lipinski definition) is 1. The van der Waals surface area contributed by atoms with Crippen LogP contribution >= 0.6 is 0 Å². The van der Waals surface area contributed by atoms with Gasteiger partial charge in [0, 0.05) is 35.7 Å². The molecule has 1 amide bonds. The van der Waals surface area contributed by atoms with Gasteiger partial charge in [-0.3, -0.25) is 4.79 Å². The molecule has 3 aliphatic carbocycles. The highest BCUT2D eigenvalue weighted by molar-refractivity contribution is 6.18. The van der Waals surface area contributed by atoms with Crippen LogP contribution in [0.5, 0.6) is 0 Å². The van der Waals surface area contributed by atoms with Gasteiger partial charge in [-0.05, 0) is 69.1 Å². The number of rotatable bonds is 3. The number of carbonyl (C=O) groups excluding carboxylic acids is 2. The molecule has 0 aromatic carbocycles. The Hall–Kier alpha value is -2.63. The first-order valence-electron chi connectivity index (χ1n) is 11.5. The van der Waals surface area contributed by atoms with E-state index in [1.165, 1.54) is 12.8 Å². The van der Waals surface area contributed by atoms with Gasteiger partial charge in [-0.1, -0.05) is 13.8 Å². The number of nitrogens with one attached hydrogen (secondary N) is 1. The number of hydrogen-bond acceptors (Lipinski definition) is 4. The van der Waals surface area contributed by atoms with E-state index in [1.54, 1.807) is 17.3 Å². The predicted molar refractivity (Wildman–Crippen MR) is 119 cm³/mol. The molecular formula is C25H31N3O3. The first-order valence-corrected chi connectivity index (χ1v) is 11.5. The van der Waals surface area contributed by atoms with E-state index in [1.807, 2.05) is 26.0 Å². The van der Waals surface area contributed by atoms with Crippen molar-refractivity contribution in [3.63, 3.8) is 0 Å². The Morgan fingerprint density at radius 1 is 1.26 bits per heavy atom. The van der Waals surface area contributed by atoms with Crippen LogP contribution in [0.2, 0.25) is 0 Å². The van der Waals surface area contributed by atoms with Crippen LogP contribution in [-0.2, 0) is 19.7 Å². The molecule has 6 nitrogen and oxygen atoms in total. The lowest BCUT2D eigenvalue weighted by atomic mass is 9.59. The molecule has 6 rings (SSSR count). The van der Waals surface area contributed by atoms with E-state index in [0.717, 1.165) is 35.4 Å². The van der Waals surface area contributed by atoms with E-state index in [-0.39, 0.29) is 23.3 Å². The average Bonchev–Trinajstić information content (AvgIpc) is 3.04. The number of nitrogens with zero attached hydrogens (tertiary/aromatic N) is 2. The van der Waals surface area contributed by atoms with E-state index >= 15 is 0 Å². The van der Waals surface area contributed by atoms with Gasteiger partial charge < -0.3 is 14.6 Å². The highest BCUT2D eigenvalue weighted by atomic mass is 16.5. The Bertz CT molecular complexity index is 1070. The number of H-pyrrole nitrogens is 1. The van der Waals surface area contributed by atoms with Crippen LogP contribution in [0.15, 0.2) is 24.5 Å². The van der Waals surface area contributed by atoms with Crippen molar-refractivity contribution < 1.29 is 14.3 Å². The van der Waals surface area contributed by atoms with E-state index in [4.69, 9.17) is 4.74 Å². The number of esters is 1. The smallest absolute Gasteiger partial charge is 0.342 e. The van der Waals surface area contributed by atoms with Crippen LogP contribution in [0.1, 0.15) is 64.6 Å². The lowest BCUT2D eigenvalue weighted by molar-refractivity contribution is -0.140. The maximum atomic E-state index is 13.7. The summed E-state index contributed by atoms with van der Waals surface area (Å²) < 4.78 is 5.58. The number of aromatic amines is 1. The third kappa shape index (κ3) is 3.36. The van der Waals surface area contributed by atoms with Crippen LogP contribution in [0.25, 0.3) is 16.6 Å². The standard InChI is InChI=1S/C25H31N3O3/c1-14(2)31-24(30)19-12-28(23(29)17-8-7-15-10-16(17)11-15)13-25(3,4)20-18-6-5-9-26-22(18)27-21(19)20/h5-6,9,12,14-17H,7-8,10-11,13H2,1-4H3,(H,26,27). The Kier molecular flexibility index (Phi) is 4.72. The number of amides is 1. The molecule has 1 unspecified atom stereocenters. The van der Waals surface area contributed by atoms with Gasteiger partial charge in [0.1, 0.15) is 5.65 Å². The van der Waals surface area contributed by atoms with Crippen molar-refractivity contribution in [2.75, 3.05) is 6.54 Å². The Balaban J connectivity index is 1.61. The number of pyridine rings is 1. The summed E-state index contributed by atoms with van der Waals surface area (Å²) in [5.74, 6) is 1.12. The number of carbonyl (C=O) groups is 2. The van der Waals surface area contributed by atoms with Crippen molar-refractivity contribution >= 4 is 28.5 Å². The molecule has 3 fully saturated rings. The van der Waals surface area contributed by atoms with Crippen molar-refractivity contribution in [1.82, 2.24) is 14.9 Å². The van der Waals surface area contributed by atoms with Crippen LogP contribution in [0.3, 0.4) is 0 Å². The van der Waals surface area contributed by atoms with Crippen molar-refractivity contribution in [1.29, 1.82) is 0 Å². The molecule has 3 heterocycles. The first-order chi connectivity index (χ1) is 14.7. The third-order valence-electron chi connectivity index (χ3n) is 7.26. The second-order valence-corrected chi connectivity index (χ2v) is 10.4. The van der Waals surface area contributed by atoms with Gasteiger partial charge in [0.2, 0.25) is 5.91 Å². The van der Waals surface area contributed by atoms with Crippen molar-refractivity contribution in [2.45, 2.75) is 64.9 Å². The van der Waals surface area contributed by atoms with Gasteiger partial charge in [-0.25, -0.2) is 9.78 Å². The van der Waals surface area contributed by atoms with Gasteiger partial charge in [0.15, 0.2) is 0 Å². The molecule has 0 spiro atoms. The SMILES string of the molecule is CC(C)OC(=O)C1=CN(C(=O)C2CCC3CC2C3)CC(C)(C)c2c1[nH]c1ncccc21. The minimum atomic E-state index is -0.411. The lowest BCUT2D eigenvalue weighted by Gasteiger charge is -2.47. The van der Waals surface area contributed by atoms with E-state index in [9.17, 15) is 9.59 Å². The molecular weight excluding hydrogens is 390 g/mol. The fourth-order valence-electron chi connectivity index (χ4n) is 5.81. The summed E-state index contributed by atoms with van der Waals surface area (Å²) in [6.45, 7) is 8.47. The maximum absolute atomic E-state index is 13.7. The van der Waals surface area contributed by atoms with Crippen LogP contribution in [0.4, 0.5) is 0 Å². The molecule has 0 radical (unpaired) electrons. The van der Waals surface area contributed by atoms with E-state index < -0.39 is 5.97 Å². The zero-order chi connectivity index (χ0) is 21.9. The van der Waals surface area contributed by atoms with Crippen molar-refractivity contribution in [2.24, 2.45) is 17.8 Å². The average molecular weight is 422 g/mol. The zero-order valence-corrected chi connectivity index (χ0v) is 18.8. The molecule has 1 N–H and O–H groups in total. The summed E-state index contributed by atoms with van der Waals surface area (Å²) in [5.41, 5.74) is 2.52. The molecule has 0 saturated heterocycles. The summed E-state index contributed by atoms with van der Waals surface area (Å²) in [7, 11) is 0. The fraction of sp³-hybridized carbons (Fsp3) is 0.560. The van der Waals surface area contributed by atoms with Gasteiger partial charge in [0.05, 0.1) is 17.4 Å². The molecule has 3 saturated carbocycles. The molecule has 2 aromatic heterocycles. The Morgan fingerprint density at radius 2 is 2.03 bits per heavy atom. The van der Waals surface area contributed by atoms with Crippen LogP contribution < -0.4 is 0 Å². The van der Waals surface area contributed by atoms with E-state index in [2.05, 4.69) is 23.8 Å². The highest BCUT2D eigenvalue weighted by Gasteiger charge is 2.46. The molecule has 2 aromatic rings. The summed E-state index contributed by atoms with van der Waals surface area (Å²) in [6.07, 6.45) is 7.69. The second kappa shape index (κ2) is 7.21. The monoisotopic (exact) mass is 421 g/mol. The molecule has 164 valence electrons. The van der Waals surface area contributed by atoms with E-state index in [0.29, 0.717) is 23.7 Å². The normalized spacial score (nSPS) is 26.7. The molecule has 31 heavy (non-hydrogen) atoms. The summed E-state index contributed by atoms with van der Waals surface area (Å²) in [4.78, 5) is 36.4. The lowest BCUT2D eigenvalue weighted by Crippen LogP contribution is -2.47. The summed E-state index contributed by atoms with van der Waals surface area (Å²) >= 11 is 0. The van der Waals surface area contributed by atoms with Crippen molar-refractivity contribution in [3.05, 3.63) is 35.8 Å². The zero-order valence-electron chi connectivity index (χ0n) is 18.8. The Morgan fingerprint density at radius 3 is 2.71 bits per heavy atom. The summed E-state index contributed by atoms with van der Waals surface area (Å²) in [5, 5.41) is 0.986. The van der Waals surface area contributed by atoms with Gasteiger partial charge >= 0.3 is 5.97 Å². The summed E-state index contributed by atoms with van der Waals surface area (Å²) in [6, 6.07) is 3.93. The third-order valence-corrected chi connectivity index (χ3v) is 7.26. The molecule has 1 aliphatic heterocycles. The first kappa shape index (κ1) is 20.3. The Labute approximate surface area is 183 Å².